The molecule has 1 aromatic carbocycles. The first-order chi connectivity index (χ1) is 11.6. The number of halogens is 1. The average molecular weight is 348 g/mol. The molecular weight excluding hydrogens is 327 g/mol. The van der Waals surface area contributed by atoms with Gasteiger partial charge in [0.15, 0.2) is 11.0 Å². The molecule has 0 spiro atoms. The molecule has 1 fully saturated rings. The molecule has 1 atom stereocenters. The predicted octanol–water partition coefficient (Wildman–Crippen LogP) is 3.11. The van der Waals surface area contributed by atoms with Crippen molar-refractivity contribution in [3.05, 3.63) is 30.1 Å². The van der Waals surface area contributed by atoms with Gasteiger partial charge < -0.3 is 9.47 Å². The van der Waals surface area contributed by atoms with Gasteiger partial charge >= 0.3 is 0 Å². The first-order valence-electron chi connectivity index (χ1n) is 8.17. The van der Waals surface area contributed by atoms with Gasteiger partial charge in [-0.15, -0.1) is 10.2 Å². The number of piperidine rings is 1. The zero-order chi connectivity index (χ0) is 17.1. The number of amides is 1. The van der Waals surface area contributed by atoms with E-state index in [1.165, 1.54) is 24.2 Å². The second kappa shape index (κ2) is 7.34. The minimum absolute atomic E-state index is 0.134. The monoisotopic (exact) mass is 348 g/mol. The third kappa shape index (κ3) is 3.45. The van der Waals surface area contributed by atoms with E-state index in [2.05, 4.69) is 10.2 Å². The molecule has 1 amide bonds. The zero-order valence-corrected chi connectivity index (χ0v) is 14.7. The summed E-state index contributed by atoms with van der Waals surface area (Å²) >= 11 is 1.37. The van der Waals surface area contributed by atoms with Crippen molar-refractivity contribution >= 4 is 17.7 Å². The summed E-state index contributed by atoms with van der Waals surface area (Å²) in [5.74, 6) is 0.269. The Kier molecular flexibility index (Phi) is 5.18. The second-order valence-electron chi connectivity index (χ2n) is 5.99. The van der Waals surface area contributed by atoms with E-state index < -0.39 is 0 Å². The molecule has 3 rings (SSSR count). The lowest BCUT2D eigenvalue weighted by atomic mass is 10.1. The summed E-state index contributed by atoms with van der Waals surface area (Å²) in [6, 6.07) is 6.49. The van der Waals surface area contributed by atoms with Gasteiger partial charge in [-0.3, -0.25) is 4.79 Å². The van der Waals surface area contributed by atoms with Crippen LogP contribution in [0.2, 0.25) is 0 Å². The number of thioether (sulfide) groups is 1. The van der Waals surface area contributed by atoms with Crippen LogP contribution in [0.5, 0.6) is 0 Å². The summed E-state index contributed by atoms with van der Waals surface area (Å²) in [4.78, 5) is 14.5. The molecule has 0 N–H and O–H groups in total. The second-order valence-corrected chi connectivity index (χ2v) is 7.30. The molecule has 5 nitrogen and oxygen atoms in total. The van der Waals surface area contributed by atoms with Gasteiger partial charge in [-0.2, -0.15) is 0 Å². The molecule has 2 heterocycles. The molecule has 1 saturated heterocycles. The van der Waals surface area contributed by atoms with Gasteiger partial charge in [-0.05, 0) is 38.3 Å². The van der Waals surface area contributed by atoms with Crippen LogP contribution in [-0.2, 0) is 11.8 Å². The quantitative estimate of drug-likeness (QED) is 0.797. The third-order valence-electron chi connectivity index (χ3n) is 4.25. The summed E-state index contributed by atoms with van der Waals surface area (Å²) in [7, 11) is 1.79. The molecule has 2 aromatic rings. The maximum absolute atomic E-state index is 13.9. The molecule has 0 unspecified atom stereocenters. The molecule has 24 heavy (non-hydrogen) atoms. The average Bonchev–Trinajstić information content (AvgIpc) is 2.96. The molecule has 0 saturated carbocycles. The highest BCUT2D eigenvalue weighted by atomic mass is 32.2. The summed E-state index contributed by atoms with van der Waals surface area (Å²) in [6.07, 6.45) is 3.34. The number of carbonyl (C=O) groups is 1. The van der Waals surface area contributed by atoms with E-state index in [0.29, 0.717) is 16.5 Å². The van der Waals surface area contributed by atoms with E-state index in [1.807, 2.05) is 11.8 Å². The van der Waals surface area contributed by atoms with Crippen LogP contribution in [0, 0.1) is 5.82 Å². The highest BCUT2D eigenvalue weighted by molar-refractivity contribution is 8.00. The van der Waals surface area contributed by atoms with Gasteiger partial charge in [0.25, 0.3) is 0 Å². The number of benzene rings is 1. The molecule has 128 valence electrons. The zero-order valence-electron chi connectivity index (χ0n) is 13.9. The molecule has 7 heteroatoms. The largest absolute Gasteiger partial charge is 0.342 e. The van der Waals surface area contributed by atoms with Crippen LogP contribution >= 0.6 is 11.8 Å². The van der Waals surface area contributed by atoms with Crippen molar-refractivity contribution in [1.82, 2.24) is 19.7 Å². The van der Waals surface area contributed by atoms with Gasteiger partial charge in [0.05, 0.1) is 10.8 Å². The summed E-state index contributed by atoms with van der Waals surface area (Å²) in [5, 5.41) is 8.62. The van der Waals surface area contributed by atoms with Gasteiger partial charge in [0.1, 0.15) is 5.82 Å². The Hall–Kier alpha value is -1.89. The first-order valence-corrected chi connectivity index (χ1v) is 9.05. The van der Waals surface area contributed by atoms with Gasteiger partial charge in [0, 0.05) is 20.1 Å². The Morgan fingerprint density at radius 3 is 2.62 bits per heavy atom. The number of hydrogen-bond acceptors (Lipinski definition) is 4. The van der Waals surface area contributed by atoms with Gasteiger partial charge in [0.2, 0.25) is 5.91 Å². The first kappa shape index (κ1) is 17.0. The fraction of sp³-hybridized carbons (Fsp3) is 0.471. The Labute approximate surface area is 145 Å². The van der Waals surface area contributed by atoms with E-state index in [-0.39, 0.29) is 17.0 Å². The molecule has 1 aliphatic rings. The van der Waals surface area contributed by atoms with Crippen molar-refractivity contribution < 1.29 is 9.18 Å². The molecule has 0 aliphatic carbocycles. The minimum atomic E-state index is -0.331. The topological polar surface area (TPSA) is 51.0 Å². The maximum Gasteiger partial charge on any atom is 0.235 e. The fourth-order valence-electron chi connectivity index (χ4n) is 2.87. The summed E-state index contributed by atoms with van der Waals surface area (Å²) < 4.78 is 15.7. The Morgan fingerprint density at radius 1 is 1.21 bits per heavy atom. The van der Waals surface area contributed by atoms with E-state index in [1.54, 1.807) is 29.8 Å². The van der Waals surface area contributed by atoms with Crippen LogP contribution in [0.15, 0.2) is 29.4 Å². The van der Waals surface area contributed by atoms with Gasteiger partial charge in [-0.1, -0.05) is 23.9 Å². The molecule has 1 aliphatic heterocycles. The molecular formula is C17H21FN4OS. The smallest absolute Gasteiger partial charge is 0.235 e. The highest BCUT2D eigenvalue weighted by Crippen LogP contribution is 2.28. The Balaban J connectivity index is 1.74. The third-order valence-corrected chi connectivity index (χ3v) is 5.37. The van der Waals surface area contributed by atoms with Crippen molar-refractivity contribution in [3.63, 3.8) is 0 Å². The van der Waals surface area contributed by atoms with Crippen LogP contribution < -0.4 is 0 Å². The van der Waals surface area contributed by atoms with E-state index in [0.717, 1.165) is 25.9 Å². The minimum Gasteiger partial charge on any atom is -0.342 e. The van der Waals surface area contributed by atoms with Crippen LogP contribution in [0.3, 0.4) is 0 Å². The fourth-order valence-corrected chi connectivity index (χ4v) is 3.77. The van der Waals surface area contributed by atoms with Crippen molar-refractivity contribution in [1.29, 1.82) is 0 Å². The van der Waals surface area contributed by atoms with Crippen molar-refractivity contribution in [2.24, 2.45) is 7.05 Å². The number of likely N-dealkylation sites (tertiary alicyclic amines) is 1. The Bertz CT molecular complexity index is 727. The Morgan fingerprint density at radius 2 is 1.92 bits per heavy atom. The molecule has 0 bridgehead atoms. The normalized spacial score (nSPS) is 16.2. The van der Waals surface area contributed by atoms with Crippen molar-refractivity contribution in [2.75, 3.05) is 13.1 Å². The van der Waals surface area contributed by atoms with Crippen LogP contribution in [0.25, 0.3) is 11.4 Å². The lowest BCUT2D eigenvalue weighted by Gasteiger charge is -2.28. The summed E-state index contributed by atoms with van der Waals surface area (Å²) in [5.41, 5.74) is 0.411. The lowest BCUT2D eigenvalue weighted by molar-refractivity contribution is -0.131. The standard InChI is InChI=1S/C17H21FN4OS/c1-12(16(23)22-10-6-3-7-11-22)24-17-20-19-15(21(17)2)13-8-4-5-9-14(13)18/h4-5,8-9,12H,3,6-7,10-11H2,1-2H3/t12-/m1/s1. The van der Waals surface area contributed by atoms with Gasteiger partial charge in [-0.25, -0.2) is 4.39 Å². The predicted molar refractivity (Wildman–Crippen MR) is 92.1 cm³/mol. The van der Waals surface area contributed by atoms with Crippen molar-refractivity contribution in [2.45, 2.75) is 36.6 Å². The SMILES string of the molecule is C[C@@H](Sc1nnc(-c2ccccc2F)n1C)C(=O)N1CCCCC1. The van der Waals surface area contributed by atoms with E-state index >= 15 is 0 Å². The van der Waals surface area contributed by atoms with E-state index in [4.69, 9.17) is 0 Å². The number of aromatic nitrogens is 3. The number of nitrogens with zero attached hydrogens (tertiary/aromatic N) is 4. The van der Waals surface area contributed by atoms with Crippen LogP contribution in [0.1, 0.15) is 26.2 Å². The highest BCUT2D eigenvalue weighted by Gasteiger charge is 2.25. The van der Waals surface area contributed by atoms with Crippen LogP contribution in [-0.4, -0.2) is 43.9 Å². The number of rotatable bonds is 4. The lowest BCUT2D eigenvalue weighted by Crippen LogP contribution is -2.40. The summed E-state index contributed by atoms with van der Waals surface area (Å²) in [6.45, 7) is 3.56. The van der Waals surface area contributed by atoms with Crippen LogP contribution in [0.4, 0.5) is 4.39 Å². The molecule has 0 radical (unpaired) electrons. The van der Waals surface area contributed by atoms with E-state index in [9.17, 15) is 9.18 Å². The maximum atomic E-state index is 13.9. The van der Waals surface area contributed by atoms with Crippen molar-refractivity contribution in [3.8, 4) is 11.4 Å². The number of hydrogen-bond donors (Lipinski definition) is 0. The number of carbonyl (C=O) groups excluding carboxylic acids is 1. The molecule has 1 aromatic heterocycles.